The number of nitrogens with zero attached hydrogens (tertiary/aromatic N) is 1. The first kappa shape index (κ1) is 14.6. The van der Waals surface area contributed by atoms with Crippen molar-refractivity contribution >= 4 is 5.88 Å². The first-order valence-corrected chi connectivity index (χ1v) is 5.84. The molecule has 0 fully saturated rings. The number of ether oxygens (including phenoxy) is 2. The Bertz CT molecular complexity index is 360. The minimum absolute atomic E-state index is 0.252. The lowest BCUT2D eigenvalue weighted by Gasteiger charge is -2.16. The van der Waals surface area contributed by atoms with Crippen molar-refractivity contribution < 1.29 is 18.8 Å². The maximum atomic E-state index is 10.4. The van der Waals surface area contributed by atoms with Crippen LogP contribution in [0.5, 0.6) is 0 Å². The van der Waals surface area contributed by atoms with Crippen LogP contribution in [0.15, 0.2) is 16.5 Å². The Kier molecular flexibility index (Phi) is 6.34. The molecule has 0 aliphatic heterocycles. The Morgan fingerprint density at radius 2 is 2.06 bits per heavy atom. The Labute approximate surface area is 105 Å². The molecule has 18 heavy (non-hydrogen) atoms. The molecular weight excluding hydrogens is 240 g/mol. The maximum Gasteiger partial charge on any atom is 0.433 e. The van der Waals surface area contributed by atoms with Crippen molar-refractivity contribution in [1.82, 2.24) is 5.32 Å². The van der Waals surface area contributed by atoms with Crippen LogP contribution in [0.1, 0.15) is 19.6 Å². The molecule has 1 N–H and O–H groups in total. The molecule has 7 heteroatoms. The molecule has 0 saturated carbocycles. The third-order valence-corrected chi connectivity index (χ3v) is 2.14. The highest BCUT2D eigenvalue weighted by Gasteiger charge is 2.12. The molecule has 1 aromatic heterocycles. The summed E-state index contributed by atoms with van der Waals surface area (Å²) in [5.74, 6) is 0.256. The molecule has 0 saturated heterocycles. The zero-order valence-electron chi connectivity index (χ0n) is 10.5. The van der Waals surface area contributed by atoms with Crippen LogP contribution >= 0.6 is 0 Å². The molecule has 7 nitrogen and oxygen atoms in total. The standard InChI is InChI=1S/C11H18N2O5/c1-3-16-11(17-4-2)8-12-7-9-5-6-10(18-9)13(14)15/h5-6,11-12H,3-4,7-8H2,1-2H3. The van der Waals surface area contributed by atoms with Gasteiger partial charge in [0, 0.05) is 19.8 Å². The Balaban J connectivity index is 2.32. The minimum atomic E-state index is -0.563. The van der Waals surface area contributed by atoms with E-state index in [0.717, 1.165) is 0 Å². The third kappa shape index (κ3) is 4.82. The average molecular weight is 258 g/mol. The van der Waals surface area contributed by atoms with E-state index in [4.69, 9.17) is 13.9 Å². The quantitative estimate of drug-likeness (QED) is 0.412. The van der Waals surface area contributed by atoms with Gasteiger partial charge in [-0.1, -0.05) is 0 Å². The van der Waals surface area contributed by atoms with E-state index in [2.05, 4.69) is 5.32 Å². The van der Waals surface area contributed by atoms with Crippen molar-refractivity contribution in [2.75, 3.05) is 19.8 Å². The third-order valence-electron chi connectivity index (χ3n) is 2.14. The summed E-state index contributed by atoms with van der Waals surface area (Å²) in [4.78, 5) is 9.86. The highest BCUT2D eigenvalue weighted by molar-refractivity contribution is 5.17. The largest absolute Gasteiger partial charge is 0.433 e. The molecule has 0 aliphatic carbocycles. The normalized spacial score (nSPS) is 11.1. The second-order valence-electron chi connectivity index (χ2n) is 3.47. The summed E-state index contributed by atoms with van der Waals surface area (Å²) in [6.07, 6.45) is -0.315. The van der Waals surface area contributed by atoms with Crippen LogP contribution in [0.3, 0.4) is 0 Å². The fourth-order valence-electron chi connectivity index (χ4n) is 1.41. The van der Waals surface area contributed by atoms with Crippen LogP contribution in [-0.4, -0.2) is 31.0 Å². The fourth-order valence-corrected chi connectivity index (χ4v) is 1.41. The van der Waals surface area contributed by atoms with Gasteiger partial charge in [0.15, 0.2) is 6.29 Å². The van der Waals surface area contributed by atoms with Crippen LogP contribution < -0.4 is 5.32 Å². The number of furan rings is 1. The molecule has 0 spiro atoms. The van der Waals surface area contributed by atoms with Gasteiger partial charge in [0.2, 0.25) is 0 Å². The lowest BCUT2D eigenvalue weighted by atomic mass is 10.4. The monoisotopic (exact) mass is 258 g/mol. The van der Waals surface area contributed by atoms with Gasteiger partial charge in [0.1, 0.15) is 10.7 Å². The van der Waals surface area contributed by atoms with Crippen LogP contribution in [-0.2, 0) is 16.0 Å². The molecule has 0 amide bonds. The molecule has 1 rings (SSSR count). The van der Waals surface area contributed by atoms with Crippen LogP contribution in [0.4, 0.5) is 5.88 Å². The van der Waals surface area contributed by atoms with E-state index in [1.165, 1.54) is 6.07 Å². The summed E-state index contributed by atoms with van der Waals surface area (Å²) in [7, 11) is 0. The van der Waals surface area contributed by atoms with Crippen LogP contribution in [0, 0.1) is 10.1 Å². The lowest BCUT2D eigenvalue weighted by Crippen LogP contribution is -2.31. The van der Waals surface area contributed by atoms with Crippen molar-refractivity contribution in [3.05, 3.63) is 28.0 Å². The summed E-state index contributed by atoms with van der Waals surface area (Å²) in [6, 6.07) is 2.90. The summed E-state index contributed by atoms with van der Waals surface area (Å²) < 4.78 is 15.7. The van der Waals surface area contributed by atoms with Gasteiger partial charge in [-0.3, -0.25) is 10.1 Å². The fraction of sp³-hybridized carbons (Fsp3) is 0.636. The van der Waals surface area contributed by atoms with Gasteiger partial charge < -0.3 is 19.2 Å². The second-order valence-corrected chi connectivity index (χ2v) is 3.47. The second kappa shape index (κ2) is 7.80. The summed E-state index contributed by atoms with van der Waals surface area (Å²) in [6.45, 7) is 5.81. The van der Waals surface area contributed by atoms with Gasteiger partial charge >= 0.3 is 5.88 Å². The van der Waals surface area contributed by atoms with Gasteiger partial charge in [-0.2, -0.15) is 0 Å². The topological polar surface area (TPSA) is 86.8 Å². The van der Waals surface area contributed by atoms with E-state index in [9.17, 15) is 10.1 Å². The molecule has 1 heterocycles. The summed E-state index contributed by atoms with van der Waals surface area (Å²) in [5.41, 5.74) is 0. The number of nitro groups is 1. The number of rotatable bonds is 9. The predicted molar refractivity (Wildman–Crippen MR) is 64.1 cm³/mol. The molecule has 0 unspecified atom stereocenters. The van der Waals surface area contributed by atoms with Crippen molar-refractivity contribution in [2.24, 2.45) is 0 Å². The lowest BCUT2D eigenvalue weighted by molar-refractivity contribution is -0.402. The van der Waals surface area contributed by atoms with Gasteiger partial charge in [-0.05, 0) is 19.9 Å². The number of nitrogens with one attached hydrogen (secondary N) is 1. The van der Waals surface area contributed by atoms with Gasteiger partial charge in [0.05, 0.1) is 12.6 Å². The zero-order valence-corrected chi connectivity index (χ0v) is 10.5. The molecule has 0 aliphatic rings. The Morgan fingerprint density at radius 3 is 2.56 bits per heavy atom. The molecule has 102 valence electrons. The van der Waals surface area contributed by atoms with Crippen molar-refractivity contribution in [2.45, 2.75) is 26.7 Å². The van der Waals surface area contributed by atoms with E-state index < -0.39 is 4.92 Å². The Hall–Kier alpha value is -1.44. The summed E-state index contributed by atoms with van der Waals surface area (Å²) in [5, 5.41) is 13.5. The molecule has 0 atom stereocenters. The highest BCUT2D eigenvalue weighted by atomic mass is 16.7. The predicted octanol–water partition coefficient (Wildman–Crippen LogP) is 1.68. The van der Waals surface area contributed by atoms with Gasteiger partial charge in [-0.25, -0.2) is 0 Å². The summed E-state index contributed by atoms with van der Waals surface area (Å²) >= 11 is 0. The average Bonchev–Trinajstić information content (AvgIpc) is 2.78. The minimum Gasteiger partial charge on any atom is -0.404 e. The van der Waals surface area contributed by atoms with Crippen molar-refractivity contribution in [1.29, 1.82) is 0 Å². The molecule has 0 aromatic carbocycles. The highest BCUT2D eigenvalue weighted by Crippen LogP contribution is 2.15. The van der Waals surface area contributed by atoms with E-state index >= 15 is 0 Å². The zero-order chi connectivity index (χ0) is 13.4. The van der Waals surface area contributed by atoms with E-state index in [1.807, 2.05) is 13.8 Å². The first-order chi connectivity index (χ1) is 8.67. The van der Waals surface area contributed by atoms with E-state index in [-0.39, 0.29) is 12.2 Å². The number of hydrogen-bond donors (Lipinski definition) is 1. The first-order valence-electron chi connectivity index (χ1n) is 5.84. The van der Waals surface area contributed by atoms with Crippen molar-refractivity contribution in [3.8, 4) is 0 Å². The van der Waals surface area contributed by atoms with Crippen LogP contribution in [0.25, 0.3) is 0 Å². The molecule has 0 radical (unpaired) electrons. The van der Waals surface area contributed by atoms with E-state index in [1.54, 1.807) is 6.07 Å². The molecule has 0 bridgehead atoms. The SMILES string of the molecule is CCOC(CNCc1ccc([N+](=O)[O-])o1)OCC. The van der Waals surface area contributed by atoms with E-state index in [0.29, 0.717) is 32.1 Å². The van der Waals surface area contributed by atoms with Gasteiger partial charge in [-0.15, -0.1) is 0 Å². The van der Waals surface area contributed by atoms with Crippen molar-refractivity contribution in [3.63, 3.8) is 0 Å². The smallest absolute Gasteiger partial charge is 0.404 e. The van der Waals surface area contributed by atoms with Crippen LogP contribution in [0.2, 0.25) is 0 Å². The Morgan fingerprint density at radius 1 is 1.39 bits per heavy atom. The number of hydrogen-bond acceptors (Lipinski definition) is 6. The molecular formula is C11H18N2O5. The van der Waals surface area contributed by atoms with Gasteiger partial charge in [0.25, 0.3) is 0 Å². The molecule has 1 aromatic rings. The maximum absolute atomic E-state index is 10.4.